The van der Waals surface area contributed by atoms with E-state index < -0.39 is 0 Å². The fourth-order valence-corrected chi connectivity index (χ4v) is 2.44. The van der Waals surface area contributed by atoms with Gasteiger partial charge in [-0.1, -0.05) is 17.7 Å². The van der Waals surface area contributed by atoms with Crippen molar-refractivity contribution in [2.75, 3.05) is 0 Å². The van der Waals surface area contributed by atoms with E-state index in [1.165, 1.54) is 27.9 Å². The zero-order valence-electron chi connectivity index (χ0n) is 11.3. The molecule has 0 fully saturated rings. The van der Waals surface area contributed by atoms with Crippen molar-refractivity contribution in [1.82, 2.24) is 9.78 Å². The van der Waals surface area contributed by atoms with Gasteiger partial charge in [-0.2, -0.15) is 5.10 Å². The molecule has 0 saturated carbocycles. The maximum absolute atomic E-state index is 4.53. The molecule has 0 radical (unpaired) electrons. The second kappa shape index (κ2) is 4.36. The van der Waals surface area contributed by atoms with E-state index in [0.29, 0.717) is 0 Å². The Morgan fingerprint density at radius 1 is 0.941 bits per heavy atom. The number of hydrogen-bond donors (Lipinski definition) is 0. The Labute approximate surface area is 103 Å². The standard InChI is InChI=1S/C15H20N2/c1-10-6-11(2)15(12(3)7-10)9-17-14(5)8-13(4)16-17/h6-8H,9H2,1-5H3. The number of rotatable bonds is 2. The second-order valence-electron chi connectivity index (χ2n) is 4.96. The van der Waals surface area contributed by atoms with Crippen molar-refractivity contribution in [2.24, 2.45) is 0 Å². The van der Waals surface area contributed by atoms with Crippen LogP contribution in [-0.2, 0) is 6.54 Å². The summed E-state index contributed by atoms with van der Waals surface area (Å²) in [5.41, 5.74) is 7.75. The average molecular weight is 228 g/mol. The minimum atomic E-state index is 0.873. The van der Waals surface area contributed by atoms with Gasteiger partial charge in [-0.25, -0.2) is 0 Å². The van der Waals surface area contributed by atoms with Gasteiger partial charge in [0, 0.05) is 5.69 Å². The van der Waals surface area contributed by atoms with Gasteiger partial charge in [0.2, 0.25) is 0 Å². The molecule has 2 heteroatoms. The lowest BCUT2D eigenvalue weighted by molar-refractivity contribution is 0.654. The largest absolute Gasteiger partial charge is 0.265 e. The van der Waals surface area contributed by atoms with Crippen molar-refractivity contribution in [1.29, 1.82) is 0 Å². The zero-order chi connectivity index (χ0) is 12.6. The third-order valence-corrected chi connectivity index (χ3v) is 3.25. The molecule has 0 unspecified atom stereocenters. The molecule has 2 aromatic rings. The normalized spacial score (nSPS) is 10.9. The smallest absolute Gasteiger partial charge is 0.0667 e. The summed E-state index contributed by atoms with van der Waals surface area (Å²) in [5.74, 6) is 0. The number of aryl methyl sites for hydroxylation is 5. The van der Waals surface area contributed by atoms with E-state index in [2.05, 4.69) is 55.7 Å². The molecule has 0 N–H and O–H groups in total. The molecular formula is C15H20N2. The Balaban J connectivity index is 2.39. The number of aromatic nitrogens is 2. The predicted octanol–water partition coefficient (Wildman–Crippen LogP) is 3.47. The molecule has 0 aliphatic carbocycles. The van der Waals surface area contributed by atoms with Gasteiger partial charge >= 0.3 is 0 Å². The highest BCUT2D eigenvalue weighted by atomic mass is 15.3. The highest BCUT2D eigenvalue weighted by molar-refractivity contribution is 5.37. The van der Waals surface area contributed by atoms with Gasteiger partial charge in [-0.05, 0) is 57.4 Å². The topological polar surface area (TPSA) is 17.8 Å². The maximum Gasteiger partial charge on any atom is 0.0667 e. The molecule has 2 rings (SSSR count). The van der Waals surface area contributed by atoms with E-state index in [1.807, 2.05) is 6.92 Å². The van der Waals surface area contributed by atoms with Crippen molar-refractivity contribution in [2.45, 2.75) is 41.2 Å². The van der Waals surface area contributed by atoms with Crippen LogP contribution in [0.3, 0.4) is 0 Å². The third-order valence-electron chi connectivity index (χ3n) is 3.25. The molecule has 0 saturated heterocycles. The van der Waals surface area contributed by atoms with E-state index in [4.69, 9.17) is 0 Å². The molecule has 90 valence electrons. The summed E-state index contributed by atoms with van der Waals surface area (Å²) in [6, 6.07) is 6.61. The van der Waals surface area contributed by atoms with Gasteiger partial charge in [-0.15, -0.1) is 0 Å². The highest BCUT2D eigenvalue weighted by Gasteiger charge is 2.07. The number of nitrogens with zero attached hydrogens (tertiary/aromatic N) is 2. The Kier molecular flexibility index (Phi) is 3.05. The van der Waals surface area contributed by atoms with Crippen LogP contribution in [-0.4, -0.2) is 9.78 Å². The Bertz CT molecular complexity index is 527. The molecule has 1 aromatic heterocycles. The molecule has 1 aromatic carbocycles. The van der Waals surface area contributed by atoms with Crippen molar-refractivity contribution >= 4 is 0 Å². The van der Waals surface area contributed by atoms with Gasteiger partial charge in [0.15, 0.2) is 0 Å². The van der Waals surface area contributed by atoms with Crippen molar-refractivity contribution < 1.29 is 0 Å². The summed E-state index contributed by atoms with van der Waals surface area (Å²) in [5, 5.41) is 4.53. The summed E-state index contributed by atoms with van der Waals surface area (Å²) in [7, 11) is 0. The summed E-state index contributed by atoms with van der Waals surface area (Å²) < 4.78 is 2.08. The monoisotopic (exact) mass is 228 g/mol. The predicted molar refractivity (Wildman–Crippen MR) is 71.5 cm³/mol. The van der Waals surface area contributed by atoms with Crippen LogP contribution in [0.4, 0.5) is 0 Å². The second-order valence-corrected chi connectivity index (χ2v) is 4.96. The zero-order valence-corrected chi connectivity index (χ0v) is 11.3. The molecule has 17 heavy (non-hydrogen) atoms. The van der Waals surface area contributed by atoms with E-state index in [9.17, 15) is 0 Å². The van der Waals surface area contributed by atoms with Gasteiger partial charge in [0.1, 0.15) is 0 Å². The fraction of sp³-hybridized carbons (Fsp3) is 0.400. The molecule has 0 bridgehead atoms. The first-order valence-electron chi connectivity index (χ1n) is 6.05. The minimum absolute atomic E-state index is 0.873. The quantitative estimate of drug-likeness (QED) is 0.769. The van der Waals surface area contributed by atoms with Crippen LogP contribution in [0.25, 0.3) is 0 Å². The van der Waals surface area contributed by atoms with E-state index in [1.54, 1.807) is 0 Å². The summed E-state index contributed by atoms with van der Waals surface area (Å²) in [6.07, 6.45) is 0. The number of hydrogen-bond acceptors (Lipinski definition) is 1. The fourth-order valence-electron chi connectivity index (χ4n) is 2.44. The van der Waals surface area contributed by atoms with Crippen LogP contribution < -0.4 is 0 Å². The molecule has 1 heterocycles. The van der Waals surface area contributed by atoms with Crippen LogP contribution >= 0.6 is 0 Å². The lowest BCUT2D eigenvalue weighted by atomic mass is 10.00. The summed E-state index contributed by atoms with van der Waals surface area (Å²) in [6.45, 7) is 11.5. The lowest BCUT2D eigenvalue weighted by Gasteiger charge is -2.12. The van der Waals surface area contributed by atoms with Gasteiger partial charge in [0.05, 0.1) is 12.2 Å². The van der Waals surface area contributed by atoms with Crippen LogP contribution in [0.2, 0.25) is 0 Å². The van der Waals surface area contributed by atoms with Gasteiger partial charge in [0.25, 0.3) is 0 Å². The van der Waals surface area contributed by atoms with Gasteiger partial charge in [-0.3, -0.25) is 4.68 Å². The third kappa shape index (κ3) is 2.41. The number of benzene rings is 1. The Morgan fingerprint density at radius 2 is 1.53 bits per heavy atom. The van der Waals surface area contributed by atoms with E-state index >= 15 is 0 Å². The molecule has 0 spiro atoms. The van der Waals surface area contributed by atoms with Crippen molar-refractivity contribution in [3.63, 3.8) is 0 Å². The Morgan fingerprint density at radius 3 is 2.00 bits per heavy atom. The molecule has 2 nitrogen and oxygen atoms in total. The molecule has 0 amide bonds. The first kappa shape index (κ1) is 11.9. The first-order chi connectivity index (χ1) is 7.97. The highest BCUT2D eigenvalue weighted by Crippen LogP contribution is 2.18. The van der Waals surface area contributed by atoms with Crippen LogP contribution in [0, 0.1) is 34.6 Å². The van der Waals surface area contributed by atoms with E-state index in [0.717, 1.165) is 12.2 Å². The molecule has 0 atom stereocenters. The lowest BCUT2D eigenvalue weighted by Crippen LogP contribution is -2.07. The minimum Gasteiger partial charge on any atom is -0.265 e. The van der Waals surface area contributed by atoms with E-state index in [-0.39, 0.29) is 0 Å². The first-order valence-corrected chi connectivity index (χ1v) is 6.05. The van der Waals surface area contributed by atoms with Crippen LogP contribution in [0.5, 0.6) is 0 Å². The van der Waals surface area contributed by atoms with Crippen molar-refractivity contribution in [3.8, 4) is 0 Å². The maximum atomic E-state index is 4.53. The SMILES string of the molecule is Cc1cc(C)c(Cn2nc(C)cc2C)c(C)c1. The van der Waals surface area contributed by atoms with Crippen molar-refractivity contribution in [3.05, 3.63) is 51.8 Å². The summed E-state index contributed by atoms with van der Waals surface area (Å²) >= 11 is 0. The molecule has 0 aliphatic heterocycles. The Hall–Kier alpha value is -1.57. The molecular weight excluding hydrogens is 208 g/mol. The molecule has 0 aliphatic rings. The average Bonchev–Trinajstić information content (AvgIpc) is 2.51. The summed E-state index contributed by atoms with van der Waals surface area (Å²) in [4.78, 5) is 0. The van der Waals surface area contributed by atoms with Crippen LogP contribution in [0.1, 0.15) is 33.6 Å². The van der Waals surface area contributed by atoms with Gasteiger partial charge < -0.3 is 0 Å². The van der Waals surface area contributed by atoms with Crippen LogP contribution in [0.15, 0.2) is 18.2 Å².